The van der Waals surface area contributed by atoms with E-state index in [4.69, 9.17) is 28.4 Å². The van der Waals surface area contributed by atoms with Crippen LogP contribution in [-0.4, -0.2) is 193 Å². The van der Waals surface area contributed by atoms with Gasteiger partial charge in [0.15, 0.2) is 18.9 Å². The topological polar surface area (TPSA) is 307 Å². The number of amides is 1. The molecule has 0 aromatic heterocycles. The smallest absolute Gasteiger partial charge is 0.220 e. The third-order valence-electron chi connectivity index (χ3n) is 20.3. The van der Waals surface area contributed by atoms with E-state index in [1.807, 2.05) is 6.08 Å². The molecule has 12 N–H and O–H groups in total. The Kier molecular flexibility index (Phi) is 55.0. The highest BCUT2D eigenvalue weighted by Crippen LogP contribution is 2.33. The van der Waals surface area contributed by atoms with Gasteiger partial charge in [0.05, 0.1) is 38.6 Å². The average Bonchev–Trinajstić information content (AvgIpc) is 0.826. The molecule has 0 aromatic carbocycles. The van der Waals surface area contributed by atoms with Crippen LogP contribution in [-0.2, 0) is 33.2 Å². The molecular formula is C78H147NO18. The summed E-state index contributed by atoms with van der Waals surface area (Å²) in [5, 5.41) is 121. The molecule has 3 saturated heterocycles. The van der Waals surface area contributed by atoms with E-state index in [0.717, 1.165) is 38.5 Å². The molecule has 0 spiro atoms. The van der Waals surface area contributed by atoms with Gasteiger partial charge in [-0.05, 0) is 32.1 Å². The largest absolute Gasteiger partial charge is 0.394 e. The molecular weight excluding hydrogens is 1240 g/mol. The second-order valence-corrected chi connectivity index (χ2v) is 28.9. The summed E-state index contributed by atoms with van der Waals surface area (Å²) in [5.74, 6) is -0.277. The van der Waals surface area contributed by atoms with Crippen molar-refractivity contribution in [2.75, 3.05) is 26.4 Å². The van der Waals surface area contributed by atoms with Crippen LogP contribution in [0.25, 0.3) is 0 Å². The van der Waals surface area contributed by atoms with Crippen LogP contribution in [0.2, 0.25) is 0 Å². The van der Waals surface area contributed by atoms with Crippen molar-refractivity contribution in [3.05, 3.63) is 24.3 Å². The van der Waals surface area contributed by atoms with Gasteiger partial charge < -0.3 is 89.9 Å². The first-order valence-electron chi connectivity index (χ1n) is 40.1. The summed E-state index contributed by atoms with van der Waals surface area (Å²) in [6, 6.07) is -0.988. The van der Waals surface area contributed by atoms with Gasteiger partial charge in [-0.2, -0.15) is 0 Å². The first-order chi connectivity index (χ1) is 47.3. The number of nitrogens with one attached hydrogen (secondary N) is 1. The monoisotopic (exact) mass is 1390 g/mol. The van der Waals surface area contributed by atoms with E-state index in [0.29, 0.717) is 12.8 Å². The van der Waals surface area contributed by atoms with Crippen molar-refractivity contribution in [1.29, 1.82) is 0 Å². The maximum absolute atomic E-state index is 13.5. The number of allylic oxidation sites excluding steroid dienone is 3. The molecule has 1 amide bonds. The van der Waals surface area contributed by atoms with E-state index in [-0.39, 0.29) is 18.9 Å². The van der Waals surface area contributed by atoms with Crippen molar-refractivity contribution in [2.45, 2.75) is 439 Å². The fourth-order valence-corrected chi connectivity index (χ4v) is 13.8. The number of hydrogen-bond donors (Lipinski definition) is 12. The number of carbonyl (C=O) groups is 1. The Morgan fingerprint density at radius 3 is 1.03 bits per heavy atom. The van der Waals surface area contributed by atoms with E-state index in [1.165, 1.54) is 263 Å². The summed E-state index contributed by atoms with van der Waals surface area (Å²) in [5.41, 5.74) is 0. The molecule has 0 saturated carbocycles. The summed E-state index contributed by atoms with van der Waals surface area (Å²) in [4.78, 5) is 13.5. The molecule has 3 aliphatic rings. The molecule has 3 fully saturated rings. The van der Waals surface area contributed by atoms with Crippen molar-refractivity contribution >= 4 is 5.91 Å². The van der Waals surface area contributed by atoms with Crippen LogP contribution in [0.3, 0.4) is 0 Å². The molecule has 0 aliphatic carbocycles. The molecule has 0 aromatic rings. The third kappa shape index (κ3) is 40.2. The van der Waals surface area contributed by atoms with Gasteiger partial charge in [0.25, 0.3) is 0 Å². The number of unbranched alkanes of at least 4 members (excludes halogenated alkanes) is 46. The summed E-state index contributed by atoms with van der Waals surface area (Å²) in [7, 11) is 0. The second-order valence-electron chi connectivity index (χ2n) is 28.9. The SMILES string of the molecule is CCCCCCCCCCCCCCCCCCCC/C=C/CC/C=C/C(O)C(COC1OC(CO)C(OC2OC(CO)C(OC3OC(CO)C(O)C(O)C3O)C(O)C2O)C(O)C1O)NC(=O)CCCCCCCCCCCCCCCCCCCCCCCCCCCCCC. The number of carbonyl (C=O) groups excluding carboxylic acids is 1. The second kappa shape index (κ2) is 59.6. The lowest BCUT2D eigenvalue weighted by atomic mass is 9.96. The van der Waals surface area contributed by atoms with Crippen molar-refractivity contribution < 1.29 is 89.4 Å². The van der Waals surface area contributed by atoms with E-state index in [9.17, 15) is 61.0 Å². The van der Waals surface area contributed by atoms with Crippen molar-refractivity contribution in [3.63, 3.8) is 0 Å². The average molecular weight is 1390 g/mol. The van der Waals surface area contributed by atoms with Crippen LogP contribution in [0.15, 0.2) is 24.3 Å². The molecule has 3 heterocycles. The quantitative estimate of drug-likeness (QED) is 0.0199. The molecule has 572 valence electrons. The molecule has 17 unspecified atom stereocenters. The molecule has 19 nitrogen and oxygen atoms in total. The van der Waals surface area contributed by atoms with Gasteiger partial charge in [0.2, 0.25) is 5.91 Å². The van der Waals surface area contributed by atoms with Crippen LogP contribution in [0.1, 0.15) is 335 Å². The molecule has 3 aliphatic heterocycles. The van der Waals surface area contributed by atoms with E-state index < -0.39 is 124 Å². The fraction of sp³-hybridized carbons (Fsp3) is 0.936. The zero-order valence-corrected chi connectivity index (χ0v) is 61.1. The van der Waals surface area contributed by atoms with Crippen LogP contribution >= 0.6 is 0 Å². The lowest BCUT2D eigenvalue weighted by Gasteiger charge is -2.48. The van der Waals surface area contributed by atoms with E-state index in [2.05, 4.69) is 31.3 Å². The summed E-state index contributed by atoms with van der Waals surface area (Å²) in [6.07, 6.45) is 44.6. The summed E-state index contributed by atoms with van der Waals surface area (Å²) in [6.45, 7) is 1.78. The maximum Gasteiger partial charge on any atom is 0.220 e. The Hall–Kier alpha value is -1.73. The van der Waals surface area contributed by atoms with Gasteiger partial charge in [-0.1, -0.05) is 321 Å². The van der Waals surface area contributed by atoms with Crippen LogP contribution in [0, 0.1) is 0 Å². The number of aliphatic hydroxyl groups excluding tert-OH is 11. The molecule has 0 bridgehead atoms. The van der Waals surface area contributed by atoms with Gasteiger partial charge in [-0.3, -0.25) is 4.79 Å². The van der Waals surface area contributed by atoms with Crippen LogP contribution < -0.4 is 5.32 Å². The van der Waals surface area contributed by atoms with Crippen molar-refractivity contribution in [3.8, 4) is 0 Å². The standard InChI is InChI=1S/C78H147NO18/c1-3-5-7-9-11-13-15-17-19-21-23-25-27-29-30-31-32-34-36-38-40-42-44-46-48-50-52-54-56-66(84)79-61(62(83)55-53-51-49-47-45-43-41-39-37-35-33-28-26-24-22-20-18-16-14-12-10-8-6-4-2)60-92-76-72(90)69(87)74(64(58-81)94-76)97-78-73(91)70(88)75(65(59-82)95-78)96-77-71(89)68(86)67(85)63(57-80)93-77/h45,47,53,55,61-65,67-78,80-83,85-91H,3-44,46,48-52,54,56-60H2,1-2H3,(H,79,84)/b47-45+,55-53+. The zero-order valence-electron chi connectivity index (χ0n) is 61.1. The maximum atomic E-state index is 13.5. The number of ether oxygens (including phenoxy) is 6. The summed E-state index contributed by atoms with van der Waals surface area (Å²) >= 11 is 0. The Balaban J connectivity index is 1.39. The number of hydrogen-bond acceptors (Lipinski definition) is 18. The predicted octanol–water partition coefficient (Wildman–Crippen LogP) is 13.0. The highest BCUT2D eigenvalue weighted by atomic mass is 16.8. The van der Waals surface area contributed by atoms with Crippen LogP contribution in [0.4, 0.5) is 0 Å². The van der Waals surface area contributed by atoms with E-state index in [1.54, 1.807) is 6.08 Å². The first-order valence-corrected chi connectivity index (χ1v) is 40.1. The Bertz CT molecular complexity index is 1850. The fourth-order valence-electron chi connectivity index (χ4n) is 13.8. The van der Waals surface area contributed by atoms with Gasteiger partial charge in [-0.15, -0.1) is 0 Å². The normalized spacial score (nSPS) is 27.0. The lowest BCUT2D eigenvalue weighted by molar-refractivity contribution is -0.379. The molecule has 19 heteroatoms. The first kappa shape index (κ1) is 89.5. The van der Waals surface area contributed by atoms with Gasteiger partial charge in [0.1, 0.15) is 73.2 Å². The minimum atomic E-state index is -1.98. The molecule has 3 rings (SSSR count). The minimum Gasteiger partial charge on any atom is -0.394 e. The summed E-state index contributed by atoms with van der Waals surface area (Å²) < 4.78 is 34.4. The highest BCUT2D eigenvalue weighted by molar-refractivity contribution is 5.76. The number of aliphatic hydroxyl groups is 11. The molecule has 17 atom stereocenters. The lowest BCUT2D eigenvalue weighted by Crippen LogP contribution is -2.66. The predicted molar refractivity (Wildman–Crippen MR) is 383 cm³/mol. The van der Waals surface area contributed by atoms with E-state index >= 15 is 0 Å². The van der Waals surface area contributed by atoms with Gasteiger partial charge in [-0.25, -0.2) is 0 Å². The minimum absolute atomic E-state index is 0.241. The Morgan fingerprint density at radius 2 is 0.660 bits per heavy atom. The van der Waals surface area contributed by atoms with Crippen LogP contribution in [0.5, 0.6) is 0 Å². The highest BCUT2D eigenvalue weighted by Gasteiger charge is 2.54. The number of rotatable bonds is 64. The van der Waals surface area contributed by atoms with Crippen molar-refractivity contribution in [2.24, 2.45) is 0 Å². The van der Waals surface area contributed by atoms with Gasteiger partial charge in [0, 0.05) is 6.42 Å². The third-order valence-corrected chi connectivity index (χ3v) is 20.3. The van der Waals surface area contributed by atoms with Crippen molar-refractivity contribution in [1.82, 2.24) is 5.32 Å². The Labute approximate surface area is 588 Å². The zero-order chi connectivity index (χ0) is 70.4. The Morgan fingerprint density at radius 1 is 0.361 bits per heavy atom. The van der Waals surface area contributed by atoms with Gasteiger partial charge >= 0.3 is 0 Å². The molecule has 0 radical (unpaired) electrons. The molecule has 97 heavy (non-hydrogen) atoms.